The van der Waals surface area contributed by atoms with Gasteiger partial charge in [-0.1, -0.05) is 35.9 Å². The summed E-state index contributed by atoms with van der Waals surface area (Å²) in [6, 6.07) is 3.06. The molecule has 7 nitrogen and oxygen atoms in total. The van der Waals surface area contributed by atoms with Crippen LogP contribution in [0.25, 0.3) is 0 Å². The van der Waals surface area contributed by atoms with Crippen molar-refractivity contribution in [2.75, 3.05) is 26.2 Å². The van der Waals surface area contributed by atoms with E-state index in [1.807, 2.05) is 20.8 Å². The molecule has 1 aromatic rings. The summed E-state index contributed by atoms with van der Waals surface area (Å²) in [5.41, 5.74) is 6.18. The average molecular weight is 506 g/mol. The molecule has 0 saturated carbocycles. The number of piperidine rings is 1. The Hall–Kier alpha value is -1.00. The molecule has 2 rings (SSSR count). The molecule has 1 fully saturated rings. The van der Waals surface area contributed by atoms with E-state index in [4.69, 9.17) is 33.7 Å². The summed E-state index contributed by atoms with van der Waals surface area (Å²) in [4.78, 5) is 13.9. The van der Waals surface area contributed by atoms with Crippen LogP contribution in [-0.2, 0) is 16.2 Å². The first kappa shape index (κ1) is 27.2. The molecule has 10 heteroatoms. The molecule has 2 unspecified atom stereocenters. The van der Waals surface area contributed by atoms with Crippen LogP contribution in [0.2, 0.25) is 10.0 Å². The Balaban J connectivity index is 2.35. The van der Waals surface area contributed by atoms with E-state index in [2.05, 4.69) is 11.3 Å². The molecule has 0 spiro atoms. The van der Waals surface area contributed by atoms with Crippen LogP contribution >= 0.6 is 23.2 Å². The number of hydrogen-bond acceptors (Lipinski definition) is 6. The second kappa shape index (κ2) is 11.9. The standard InChI is InChI=1S/C22H33Cl2N3O4S/c1-5-10-31-19-12-17(24)16(23)11-15(19)20(26-32(30)22(2,3)4)14-6-8-27(9-7-14)21(29)18(28)13-25/h5,11-12,14,18,20,26,28H,1,6-10,13,25H2,2-4H3/t18?,20?,32-/m0/s1. The van der Waals surface area contributed by atoms with Gasteiger partial charge in [0.05, 0.1) is 16.1 Å². The van der Waals surface area contributed by atoms with Gasteiger partial charge in [0, 0.05) is 42.6 Å². The molecule has 0 bridgehead atoms. The van der Waals surface area contributed by atoms with Gasteiger partial charge in [-0.2, -0.15) is 0 Å². The van der Waals surface area contributed by atoms with Crippen LogP contribution in [0.4, 0.5) is 0 Å². The van der Waals surface area contributed by atoms with E-state index in [1.54, 1.807) is 23.1 Å². The lowest BCUT2D eigenvalue weighted by molar-refractivity contribution is -0.141. The van der Waals surface area contributed by atoms with E-state index >= 15 is 0 Å². The Kier molecular flexibility index (Phi) is 10.2. The van der Waals surface area contributed by atoms with E-state index in [0.717, 1.165) is 5.56 Å². The van der Waals surface area contributed by atoms with Crippen molar-refractivity contribution in [3.8, 4) is 5.75 Å². The molecular formula is C22H33Cl2N3O4S. The number of halogens is 2. The van der Waals surface area contributed by atoms with Gasteiger partial charge in [-0.3, -0.25) is 4.79 Å². The minimum atomic E-state index is -1.36. The molecule has 3 atom stereocenters. The second-order valence-electron chi connectivity index (χ2n) is 8.79. The largest absolute Gasteiger partial charge is 0.598 e. The number of carbonyl (C=O) groups is 1. The lowest BCUT2D eigenvalue weighted by Gasteiger charge is -2.38. The van der Waals surface area contributed by atoms with Crippen LogP contribution in [0.5, 0.6) is 5.75 Å². The molecule has 32 heavy (non-hydrogen) atoms. The number of nitrogens with one attached hydrogen (secondary N) is 1. The fraction of sp³-hybridized carbons (Fsp3) is 0.591. The van der Waals surface area contributed by atoms with E-state index in [-0.39, 0.29) is 31.0 Å². The van der Waals surface area contributed by atoms with Gasteiger partial charge >= 0.3 is 0 Å². The topological polar surface area (TPSA) is 111 Å². The Labute approximate surface area is 203 Å². The highest BCUT2D eigenvalue weighted by Crippen LogP contribution is 2.40. The van der Waals surface area contributed by atoms with Crippen LogP contribution in [0.3, 0.4) is 0 Å². The first-order chi connectivity index (χ1) is 15.0. The van der Waals surface area contributed by atoms with Gasteiger partial charge in [-0.05, 0) is 45.6 Å². The number of rotatable bonds is 9. The fourth-order valence-corrected chi connectivity index (χ4v) is 4.76. The second-order valence-corrected chi connectivity index (χ2v) is 11.6. The molecule has 1 saturated heterocycles. The summed E-state index contributed by atoms with van der Waals surface area (Å²) < 4.78 is 21.7. The van der Waals surface area contributed by atoms with E-state index in [9.17, 15) is 14.5 Å². The van der Waals surface area contributed by atoms with Gasteiger partial charge in [0.15, 0.2) is 0 Å². The number of amides is 1. The molecule has 1 amide bonds. The number of aliphatic hydroxyl groups excluding tert-OH is 1. The normalized spacial score (nSPS) is 18.2. The number of aliphatic hydroxyl groups is 1. The van der Waals surface area contributed by atoms with Crippen molar-refractivity contribution >= 4 is 40.5 Å². The number of hydrogen-bond donors (Lipinski definition) is 3. The van der Waals surface area contributed by atoms with Crippen molar-refractivity contribution in [1.82, 2.24) is 9.62 Å². The van der Waals surface area contributed by atoms with Gasteiger partial charge in [0.2, 0.25) is 0 Å². The smallest absolute Gasteiger partial charge is 0.252 e. The van der Waals surface area contributed by atoms with E-state index in [1.165, 1.54) is 0 Å². The van der Waals surface area contributed by atoms with Crippen LogP contribution in [-0.4, -0.2) is 57.6 Å². The number of nitrogens with two attached hydrogens (primary N) is 1. The van der Waals surface area contributed by atoms with Crippen LogP contribution < -0.4 is 15.2 Å². The maximum atomic E-state index is 13.0. The van der Waals surface area contributed by atoms with Crippen molar-refractivity contribution in [2.45, 2.75) is 50.5 Å². The molecule has 1 aromatic carbocycles. The summed E-state index contributed by atoms with van der Waals surface area (Å²) in [6.45, 7) is 10.5. The SMILES string of the molecule is C=CCOc1cc(Cl)c(Cl)cc1C(N[S@@+]([O-])C(C)(C)C)C1CCN(C(=O)C(O)CN)CC1. The Morgan fingerprint density at radius 1 is 1.41 bits per heavy atom. The maximum absolute atomic E-state index is 13.0. The summed E-state index contributed by atoms with van der Waals surface area (Å²) in [5.74, 6) is 0.224. The minimum absolute atomic E-state index is 0.0451. The van der Waals surface area contributed by atoms with Gasteiger partial charge in [0.1, 0.15) is 23.2 Å². The lowest BCUT2D eigenvalue weighted by atomic mass is 9.85. The van der Waals surface area contributed by atoms with Crippen LogP contribution in [0.1, 0.15) is 45.2 Å². The molecule has 0 aliphatic carbocycles. The Morgan fingerprint density at radius 2 is 2.00 bits per heavy atom. The summed E-state index contributed by atoms with van der Waals surface area (Å²) in [6.07, 6.45) is 1.73. The molecule has 0 radical (unpaired) electrons. The molecule has 1 aliphatic rings. The molecule has 180 valence electrons. The molecule has 4 N–H and O–H groups in total. The lowest BCUT2D eigenvalue weighted by Crippen LogP contribution is -2.49. The van der Waals surface area contributed by atoms with E-state index < -0.39 is 22.2 Å². The highest BCUT2D eigenvalue weighted by molar-refractivity contribution is 7.90. The molecule has 0 aromatic heterocycles. The maximum Gasteiger partial charge on any atom is 0.252 e. The number of likely N-dealkylation sites (tertiary alicyclic amines) is 1. The van der Waals surface area contributed by atoms with Crippen LogP contribution in [0.15, 0.2) is 24.8 Å². The first-order valence-corrected chi connectivity index (χ1v) is 12.5. The van der Waals surface area contributed by atoms with Gasteiger partial charge in [-0.25, -0.2) is 0 Å². The minimum Gasteiger partial charge on any atom is -0.598 e. The van der Waals surface area contributed by atoms with Crippen molar-refractivity contribution < 1.29 is 19.2 Å². The van der Waals surface area contributed by atoms with Crippen LogP contribution in [0, 0.1) is 5.92 Å². The first-order valence-electron chi connectivity index (χ1n) is 10.6. The zero-order valence-electron chi connectivity index (χ0n) is 18.8. The van der Waals surface area contributed by atoms with Crippen molar-refractivity contribution in [2.24, 2.45) is 11.7 Å². The third-order valence-electron chi connectivity index (χ3n) is 5.37. The highest BCUT2D eigenvalue weighted by Gasteiger charge is 2.38. The molecule has 1 aliphatic heterocycles. The van der Waals surface area contributed by atoms with Crippen molar-refractivity contribution in [3.63, 3.8) is 0 Å². The van der Waals surface area contributed by atoms with Crippen molar-refractivity contribution in [1.29, 1.82) is 0 Å². The highest BCUT2D eigenvalue weighted by atomic mass is 35.5. The predicted molar refractivity (Wildman–Crippen MR) is 130 cm³/mol. The predicted octanol–water partition coefficient (Wildman–Crippen LogP) is 3.21. The number of benzene rings is 1. The number of nitrogens with zero attached hydrogens (tertiary/aromatic N) is 1. The van der Waals surface area contributed by atoms with Gasteiger partial charge < -0.3 is 25.0 Å². The summed E-state index contributed by atoms with van der Waals surface area (Å²) in [5, 5.41) is 10.5. The Morgan fingerprint density at radius 3 is 2.53 bits per heavy atom. The third-order valence-corrected chi connectivity index (χ3v) is 7.67. The summed E-state index contributed by atoms with van der Waals surface area (Å²) in [7, 11) is 0. The number of carbonyl (C=O) groups excluding carboxylic acids is 1. The zero-order chi connectivity index (χ0) is 24.1. The summed E-state index contributed by atoms with van der Waals surface area (Å²) >= 11 is 11.2. The fourth-order valence-electron chi connectivity index (χ4n) is 3.53. The molecule has 1 heterocycles. The third kappa shape index (κ3) is 7.00. The monoisotopic (exact) mass is 505 g/mol. The van der Waals surface area contributed by atoms with Gasteiger partial charge in [0.25, 0.3) is 5.91 Å². The van der Waals surface area contributed by atoms with Crippen molar-refractivity contribution in [3.05, 3.63) is 40.4 Å². The zero-order valence-corrected chi connectivity index (χ0v) is 21.1. The van der Waals surface area contributed by atoms with E-state index in [0.29, 0.717) is 41.7 Å². The quantitative estimate of drug-likeness (QED) is 0.351. The number of ether oxygens (including phenoxy) is 1. The van der Waals surface area contributed by atoms with Gasteiger partial charge in [-0.15, -0.1) is 4.72 Å². The average Bonchev–Trinajstić information content (AvgIpc) is 2.76. The molecular weight excluding hydrogens is 473 g/mol. The Bertz CT molecular complexity index is 798.